The first-order chi connectivity index (χ1) is 33.8. The summed E-state index contributed by atoms with van der Waals surface area (Å²) in [5.74, 6) is 0.341. The second-order valence-electron chi connectivity index (χ2n) is 18.2. The summed E-state index contributed by atoms with van der Waals surface area (Å²) in [7, 11) is 0. The predicted molar refractivity (Wildman–Crippen MR) is 264 cm³/mol. The number of benzene rings is 7. The zero-order valence-corrected chi connectivity index (χ0v) is 38.9. The van der Waals surface area contributed by atoms with Crippen LogP contribution in [-0.2, 0) is 31.9 Å². The van der Waals surface area contributed by atoms with Crippen LogP contribution in [0.5, 0.6) is 5.75 Å². The minimum Gasteiger partial charge on any atom is -0.507 e. The number of phenolic OH excluding ortho intramolecular Hbond substituents is 1. The van der Waals surface area contributed by atoms with Crippen LogP contribution in [0.2, 0.25) is 0 Å². The molecule has 0 aliphatic rings. The SMILES string of the molecule is [2H]C([2H])([2H])c1ccc(-c2ccnc(-c3[c-]c(-c4cccc5c4nc(-c4cc(C(C)(C)C)cc(C(C)(C)C)c4O)n5-c4cc(-c5ccccc5)c(C([2H])([2H])[2H])c(C([2H])([2H])[2H])c4)cc(-c4ccccc4)c3)c2)cc1.[Pt]. The van der Waals surface area contributed by atoms with Gasteiger partial charge in [-0.05, 0) is 106 Å². The van der Waals surface area contributed by atoms with Gasteiger partial charge in [0.1, 0.15) is 11.6 Å². The van der Waals surface area contributed by atoms with Crippen molar-refractivity contribution in [2.45, 2.75) is 72.9 Å². The Morgan fingerprint density at radius 2 is 1.28 bits per heavy atom. The number of hydrogen-bond acceptors (Lipinski definition) is 3. The summed E-state index contributed by atoms with van der Waals surface area (Å²) < 4.78 is 77.9. The van der Waals surface area contributed by atoms with E-state index < -0.39 is 26.0 Å². The van der Waals surface area contributed by atoms with Crippen molar-refractivity contribution in [1.29, 1.82) is 0 Å². The molecule has 4 nitrogen and oxygen atoms in total. The summed E-state index contributed by atoms with van der Waals surface area (Å²) in [6, 6.07) is 50.2. The Balaban J connectivity index is 0.00000711. The quantitative estimate of drug-likeness (QED) is 0.162. The number of hydrogen-bond donors (Lipinski definition) is 1. The number of imidazole rings is 1. The predicted octanol–water partition coefficient (Wildman–Crippen LogP) is 15.4. The topological polar surface area (TPSA) is 50.9 Å². The fourth-order valence-corrected chi connectivity index (χ4v) is 8.24. The molecule has 0 spiro atoms. The Morgan fingerprint density at radius 1 is 0.578 bits per heavy atom. The molecule has 0 bridgehead atoms. The van der Waals surface area contributed by atoms with E-state index in [1.807, 2.05) is 116 Å². The monoisotopic (exact) mass is 1020 g/mol. The van der Waals surface area contributed by atoms with E-state index in [0.717, 1.165) is 27.8 Å². The maximum atomic E-state index is 12.5. The van der Waals surface area contributed by atoms with Crippen LogP contribution in [0, 0.1) is 26.6 Å². The van der Waals surface area contributed by atoms with Gasteiger partial charge in [-0.15, -0.1) is 23.8 Å². The van der Waals surface area contributed by atoms with Gasteiger partial charge < -0.3 is 5.11 Å². The summed E-state index contributed by atoms with van der Waals surface area (Å²) in [5.41, 5.74) is 9.23. The second-order valence-corrected chi connectivity index (χ2v) is 18.2. The van der Waals surface area contributed by atoms with Crippen molar-refractivity contribution in [1.82, 2.24) is 14.5 Å². The number of aromatic nitrogens is 3. The minimum atomic E-state index is -2.84. The van der Waals surface area contributed by atoms with E-state index in [9.17, 15) is 5.11 Å². The molecular weight excluding hydrogens is 962 g/mol. The van der Waals surface area contributed by atoms with E-state index in [0.29, 0.717) is 61.6 Å². The maximum absolute atomic E-state index is 12.5. The van der Waals surface area contributed by atoms with Crippen molar-refractivity contribution < 1.29 is 38.5 Å². The third-order valence-corrected chi connectivity index (χ3v) is 11.7. The van der Waals surface area contributed by atoms with Gasteiger partial charge in [0.2, 0.25) is 0 Å². The van der Waals surface area contributed by atoms with Gasteiger partial charge >= 0.3 is 0 Å². The van der Waals surface area contributed by atoms with Crippen LogP contribution in [0.25, 0.3) is 83.9 Å². The molecule has 1 N–H and O–H groups in total. The average Bonchev–Trinajstić information content (AvgIpc) is 3.72. The Labute approximate surface area is 405 Å². The molecule has 0 amide bonds. The number of rotatable bonds is 7. The summed E-state index contributed by atoms with van der Waals surface area (Å²) in [4.78, 5) is 10.3. The maximum Gasteiger partial charge on any atom is 0.148 e. The van der Waals surface area contributed by atoms with Crippen LogP contribution in [0.1, 0.15) is 81.7 Å². The summed E-state index contributed by atoms with van der Waals surface area (Å²) in [5, 5.41) is 12.5. The number of fused-ring (bicyclic) bond motifs is 1. The van der Waals surface area contributed by atoms with Crippen LogP contribution < -0.4 is 0 Å². The van der Waals surface area contributed by atoms with Crippen molar-refractivity contribution in [2.75, 3.05) is 0 Å². The fourth-order valence-electron chi connectivity index (χ4n) is 8.24. The molecule has 0 atom stereocenters. The standard InChI is InChI=1S/C59H54N3O.Pt/c1-37-23-25-41(26-24-37)43-27-28-60-53(33-43)46-31-44(40-17-12-10-13-18-40)30-45(32-46)49-21-16-22-54-55(49)61-57(51-34-47(58(4,5)6)35-52(56(51)63)59(7,8)9)62(54)48-29-38(2)39(3)50(36-48)42-19-14-11-15-20-42;/h10-31,33-36,63H,1-9H3;/q-1;/i1D3,2D3,3D3;. The number of aromatic hydroxyl groups is 1. The molecule has 2 heterocycles. The summed E-state index contributed by atoms with van der Waals surface area (Å²) in [6.07, 6.45) is 1.72. The molecule has 0 unspecified atom stereocenters. The zero-order chi connectivity index (χ0) is 51.7. The first-order valence-electron chi connectivity index (χ1n) is 25.6. The van der Waals surface area contributed by atoms with Gasteiger partial charge in [0.15, 0.2) is 0 Å². The zero-order valence-electron chi connectivity index (χ0n) is 45.6. The largest absolute Gasteiger partial charge is 0.507 e. The summed E-state index contributed by atoms with van der Waals surface area (Å²) >= 11 is 0. The molecule has 0 aliphatic heterocycles. The molecule has 0 saturated heterocycles. The molecule has 9 aromatic rings. The summed E-state index contributed by atoms with van der Waals surface area (Å²) in [6.45, 7) is 4.56. The first-order valence-corrected chi connectivity index (χ1v) is 21.1. The Hall–Kier alpha value is -6.35. The number of aryl methyl sites for hydroxylation is 2. The number of nitrogens with zero attached hydrogens (tertiary/aromatic N) is 3. The van der Waals surface area contributed by atoms with Crippen LogP contribution in [0.4, 0.5) is 0 Å². The molecule has 5 heteroatoms. The molecule has 2 aromatic heterocycles. The van der Waals surface area contributed by atoms with Crippen molar-refractivity contribution in [3.05, 3.63) is 192 Å². The molecule has 0 saturated carbocycles. The molecule has 9 rings (SSSR count). The molecule has 64 heavy (non-hydrogen) atoms. The van der Waals surface area contributed by atoms with Crippen LogP contribution >= 0.6 is 0 Å². The van der Waals surface area contributed by atoms with Gasteiger partial charge in [0.05, 0.1) is 16.6 Å². The normalized spacial score (nSPS) is 14.4. The minimum absolute atomic E-state index is 0. The van der Waals surface area contributed by atoms with Gasteiger partial charge in [-0.25, -0.2) is 4.98 Å². The van der Waals surface area contributed by atoms with Gasteiger partial charge in [-0.2, -0.15) is 0 Å². The number of phenols is 1. The number of para-hydroxylation sites is 1. The van der Waals surface area contributed by atoms with E-state index in [4.69, 9.17) is 22.3 Å². The van der Waals surface area contributed by atoms with Crippen molar-refractivity contribution in [2.24, 2.45) is 0 Å². The Kier molecular flexibility index (Phi) is 9.23. The van der Waals surface area contributed by atoms with E-state index in [1.165, 1.54) is 6.07 Å². The molecular formula is C59H54N3OPt-. The smallest absolute Gasteiger partial charge is 0.148 e. The van der Waals surface area contributed by atoms with Gasteiger partial charge in [-0.3, -0.25) is 9.55 Å². The van der Waals surface area contributed by atoms with E-state index in [-0.39, 0.29) is 54.5 Å². The average molecular weight is 1030 g/mol. The Bertz CT molecular complexity index is 3500. The third kappa shape index (κ3) is 8.52. The van der Waals surface area contributed by atoms with Crippen LogP contribution in [0.3, 0.4) is 0 Å². The molecule has 322 valence electrons. The molecule has 0 fully saturated rings. The van der Waals surface area contributed by atoms with Gasteiger partial charge in [-0.1, -0.05) is 173 Å². The van der Waals surface area contributed by atoms with Crippen molar-refractivity contribution >= 4 is 11.0 Å². The molecule has 0 aliphatic carbocycles. The van der Waals surface area contributed by atoms with Crippen molar-refractivity contribution in [3.63, 3.8) is 0 Å². The van der Waals surface area contributed by atoms with Crippen LogP contribution in [-0.4, -0.2) is 19.6 Å². The van der Waals surface area contributed by atoms with E-state index >= 15 is 0 Å². The van der Waals surface area contributed by atoms with Crippen LogP contribution in [0.15, 0.2) is 158 Å². The third-order valence-electron chi connectivity index (χ3n) is 11.7. The van der Waals surface area contributed by atoms with Crippen molar-refractivity contribution in [3.8, 4) is 78.6 Å². The first kappa shape index (κ1) is 34.1. The van der Waals surface area contributed by atoms with E-state index in [1.54, 1.807) is 60.8 Å². The second kappa shape index (κ2) is 17.3. The Morgan fingerprint density at radius 3 is 1.95 bits per heavy atom. The van der Waals surface area contributed by atoms with Gasteiger partial charge in [0.25, 0.3) is 0 Å². The number of pyridine rings is 1. The van der Waals surface area contributed by atoms with Gasteiger partial charge in [0, 0.05) is 56.5 Å². The molecule has 0 radical (unpaired) electrons. The van der Waals surface area contributed by atoms with E-state index in [2.05, 4.69) is 26.8 Å². The fraction of sp³-hybridized carbons (Fsp3) is 0.186. The molecule has 7 aromatic carbocycles.